The lowest BCUT2D eigenvalue weighted by Gasteiger charge is -2.23. The van der Waals surface area contributed by atoms with Crippen LogP contribution in [-0.2, 0) is 6.54 Å². The van der Waals surface area contributed by atoms with E-state index in [1.165, 1.54) is 0 Å². The van der Waals surface area contributed by atoms with Crippen LogP contribution >= 0.6 is 11.6 Å². The van der Waals surface area contributed by atoms with Gasteiger partial charge in [-0.05, 0) is 23.5 Å². The van der Waals surface area contributed by atoms with Gasteiger partial charge >= 0.3 is 0 Å². The lowest BCUT2D eigenvalue weighted by atomic mass is 9.90. The van der Waals surface area contributed by atoms with Crippen molar-refractivity contribution in [2.24, 2.45) is 5.41 Å². The first-order chi connectivity index (χ1) is 8.95. The molecule has 0 spiro atoms. The average molecular weight is 286 g/mol. The zero-order valence-electron chi connectivity index (χ0n) is 12.5. The maximum absolute atomic E-state index is 6.33. The molecule has 108 valence electrons. The van der Waals surface area contributed by atoms with Crippen LogP contribution in [-0.4, -0.2) is 20.8 Å². The molecule has 1 N–H and O–H groups in total. The molecule has 0 radical (unpaired) electrons. The summed E-state index contributed by atoms with van der Waals surface area (Å²) >= 11 is 6.33. The highest BCUT2D eigenvalue weighted by atomic mass is 35.5. The molecule has 3 nitrogen and oxygen atoms in total. The second kappa shape index (κ2) is 7.01. The van der Waals surface area contributed by atoms with Crippen molar-refractivity contribution in [3.8, 4) is 11.5 Å². The minimum absolute atomic E-state index is 0.295. The molecule has 1 rings (SSSR count). The third kappa shape index (κ3) is 4.29. The molecule has 0 atom stereocenters. The molecular formula is C15H24ClNO2. The van der Waals surface area contributed by atoms with Gasteiger partial charge in [0, 0.05) is 13.1 Å². The lowest BCUT2D eigenvalue weighted by Crippen LogP contribution is -2.28. The molecule has 19 heavy (non-hydrogen) atoms. The van der Waals surface area contributed by atoms with Crippen LogP contribution in [0.4, 0.5) is 0 Å². The number of hydrogen-bond acceptors (Lipinski definition) is 3. The van der Waals surface area contributed by atoms with Crippen LogP contribution in [0.1, 0.15) is 32.8 Å². The molecule has 0 aliphatic heterocycles. The fourth-order valence-electron chi connectivity index (χ4n) is 1.73. The van der Waals surface area contributed by atoms with Crippen molar-refractivity contribution < 1.29 is 9.47 Å². The number of halogens is 1. The molecule has 0 saturated heterocycles. The maximum Gasteiger partial charge on any atom is 0.179 e. The summed E-state index contributed by atoms with van der Waals surface area (Å²) in [6, 6.07) is 3.85. The third-order valence-electron chi connectivity index (χ3n) is 3.44. The van der Waals surface area contributed by atoms with Crippen LogP contribution in [0.2, 0.25) is 5.02 Å². The van der Waals surface area contributed by atoms with Crippen molar-refractivity contribution in [3.05, 3.63) is 22.7 Å². The van der Waals surface area contributed by atoms with E-state index in [9.17, 15) is 0 Å². The first-order valence-electron chi connectivity index (χ1n) is 6.55. The van der Waals surface area contributed by atoms with E-state index in [0.717, 1.165) is 25.1 Å². The van der Waals surface area contributed by atoms with Crippen LogP contribution < -0.4 is 14.8 Å². The van der Waals surface area contributed by atoms with Gasteiger partial charge in [-0.1, -0.05) is 38.4 Å². The fourth-order valence-corrected chi connectivity index (χ4v) is 2.03. The van der Waals surface area contributed by atoms with Gasteiger partial charge in [-0.25, -0.2) is 0 Å². The van der Waals surface area contributed by atoms with E-state index in [4.69, 9.17) is 21.1 Å². The highest BCUT2D eigenvalue weighted by Gasteiger charge is 2.16. The van der Waals surface area contributed by atoms with Crippen molar-refractivity contribution in [3.63, 3.8) is 0 Å². The average Bonchev–Trinajstić information content (AvgIpc) is 2.40. The van der Waals surface area contributed by atoms with Gasteiger partial charge in [-0.3, -0.25) is 0 Å². The van der Waals surface area contributed by atoms with Gasteiger partial charge in [0.25, 0.3) is 0 Å². The maximum atomic E-state index is 6.33. The summed E-state index contributed by atoms with van der Waals surface area (Å²) in [5, 5.41) is 4.06. The zero-order chi connectivity index (χ0) is 14.5. The molecule has 0 heterocycles. The third-order valence-corrected chi connectivity index (χ3v) is 3.86. The van der Waals surface area contributed by atoms with Crippen LogP contribution in [0.3, 0.4) is 0 Å². The Kier molecular flexibility index (Phi) is 5.95. The Hall–Kier alpha value is -0.930. The van der Waals surface area contributed by atoms with Crippen molar-refractivity contribution >= 4 is 11.6 Å². The first kappa shape index (κ1) is 16.1. The lowest BCUT2D eigenvalue weighted by molar-refractivity contribution is 0.327. The number of rotatable bonds is 7. The molecule has 0 bridgehead atoms. The van der Waals surface area contributed by atoms with Crippen LogP contribution in [0.5, 0.6) is 11.5 Å². The van der Waals surface area contributed by atoms with E-state index in [2.05, 4.69) is 26.1 Å². The van der Waals surface area contributed by atoms with Crippen molar-refractivity contribution in [2.75, 3.05) is 20.8 Å². The molecule has 0 unspecified atom stereocenters. The van der Waals surface area contributed by atoms with Gasteiger partial charge in [0.1, 0.15) is 0 Å². The number of ether oxygens (including phenoxy) is 2. The second-order valence-electron chi connectivity index (χ2n) is 5.40. The van der Waals surface area contributed by atoms with Gasteiger partial charge in [-0.15, -0.1) is 0 Å². The Morgan fingerprint density at radius 1 is 1.21 bits per heavy atom. The van der Waals surface area contributed by atoms with Crippen LogP contribution in [0.25, 0.3) is 0 Å². The molecule has 0 aliphatic carbocycles. The summed E-state index contributed by atoms with van der Waals surface area (Å²) in [5.41, 5.74) is 1.31. The first-order valence-corrected chi connectivity index (χ1v) is 6.93. The smallest absolute Gasteiger partial charge is 0.179 e. The van der Waals surface area contributed by atoms with E-state index >= 15 is 0 Å². The monoisotopic (exact) mass is 285 g/mol. The molecule has 1 aromatic carbocycles. The van der Waals surface area contributed by atoms with E-state index in [1.54, 1.807) is 14.2 Å². The number of nitrogens with one attached hydrogen (secondary N) is 1. The molecular weight excluding hydrogens is 262 g/mol. The highest BCUT2D eigenvalue weighted by Crippen LogP contribution is 2.37. The molecule has 0 amide bonds. The second-order valence-corrected chi connectivity index (χ2v) is 5.77. The predicted octanol–water partition coefficient (Wildman–Crippen LogP) is 3.88. The van der Waals surface area contributed by atoms with Gasteiger partial charge < -0.3 is 14.8 Å². The summed E-state index contributed by atoms with van der Waals surface area (Å²) in [6.07, 6.45) is 1.14. The fraction of sp³-hybridized carbons (Fsp3) is 0.600. The van der Waals surface area contributed by atoms with Crippen LogP contribution in [0, 0.1) is 5.41 Å². The largest absolute Gasteiger partial charge is 0.493 e. The van der Waals surface area contributed by atoms with Crippen molar-refractivity contribution in [1.29, 1.82) is 0 Å². The summed E-state index contributed by atoms with van der Waals surface area (Å²) in [5.74, 6) is 1.25. The number of hydrogen-bond donors (Lipinski definition) is 1. The van der Waals surface area contributed by atoms with E-state index in [-0.39, 0.29) is 0 Å². The van der Waals surface area contributed by atoms with E-state index in [1.807, 2.05) is 12.1 Å². The van der Waals surface area contributed by atoms with Gasteiger partial charge in [-0.2, -0.15) is 0 Å². The van der Waals surface area contributed by atoms with Crippen molar-refractivity contribution in [1.82, 2.24) is 5.32 Å². The SMILES string of the molecule is CCC(C)(C)CNCc1ccc(OC)c(OC)c1Cl. The Bertz CT molecular complexity index is 419. The molecule has 1 aromatic rings. The van der Waals surface area contributed by atoms with Gasteiger partial charge in [0.05, 0.1) is 19.2 Å². The minimum atomic E-state index is 0.295. The summed E-state index contributed by atoms with van der Waals surface area (Å²) in [6.45, 7) is 8.37. The Balaban J connectivity index is 2.75. The van der Waals surface area contributed by atoms with Gasteiger partial charge in [0.15, 0.2) is 11.5 Å². The topological polar surface area (TPSA) is 30.5 Å². The van der Waals surface area contributed by atoms with Crippen molar-refractivity contribution in [2.45, 2.75) is 33.7 Å². The van der Waals surface area contributed by atoms with E-state index < -0.39 is 0 Å². The number of methoxy groups -OCH3 is 2. The van der Waals surface area contributed by atoms with Crippen LogP contribution in [0.15, 0.2) is 12.1 Å². The summed E-state index contributed by atoms with van der Waals surface area (Å²) < 4.78 is 10.5. The Morgan fingerprint density at radius 2 is 1.89 bits per heavy atom. The van der Waals surface area contributed by atoms with E-state index in [0.29, 0.717) is 21.9 Å². The zero-order valence-corrected chi connectivity index (χ0v) is 13.2. The standard InChI is InChI=1S/C15H24ClNO2/c1-6-15(2,3)10-17-9-11-7-8-12(18-4)14(19-5)13(11)16/h7-8,17H,6,9-10H2,1-5H3. The molecule has 0 aromatic heterocycles. The molecule has 0 aliphatic rings. The summed E-state index contributed by atoms with van der Waals surface area (Å²) in [4.78, 5) is 0. The highest BCUT2D eigenvalue weighted by molar-refractivity contribution is 6.33. The molecule has 0 fully saturated rings. The van der Waals surface area contributed by atoms with Gasteiger partial charge in [0.2, 0.25) is 0 Å². The predicted molar refractivity (Wildman–Crippen MR) is 80.3 cm³/mol. The minimum Gasteiger partial charge on any atom is -0.493 e. The molecule has 0 saturated carbocycles. The number of benzene rings is 1. The normalized spacial score (nSPS) is 11.5. The Morgan fingerprint density at radius 3 is 2.42 bits per heavy atom. The summed E-state index contributed by atoms with van der Waals surface area (Å²) in [7, 11) is 3.21. The Labute approximate surface area is 121 Å². The molecule has 4 heteroatoms. The quantitative estimate of drug-likeness (QED) is 0.825.